The van der Waals surface area contributed by atoms with Crippen molar-refractivity contribution in [2.24, 2.45) is 0 Å². The summed E-state index contributed by atoms with van der Waals surface area (Å²) in [6, 6.07) is 8.15. The predicted octanol–water partition coefficient (Wildman–Crippen LogP) is 1.82. The van der Waals surface area contributed by atoms with E-state index in [9.17, 15) is 4.79 Å². The van der Waals surface area contributed by atoms with Gasteiger partial charge in [0.25, 0.3) is 0 Å². The zero-order chi connectivity index (χ0) is 12.0. The van der Waals surface area contributed by atoms with Crippen LogP contribution < -0.4 is 10.4 Å². The van der Waals surface area contributed by atoms with Gasteiger partial charge in [0.05, 0.1) is 6.42 Å². The Balaban J connectivity index is 2.91. The number of rotatable bonds is 4. The molecule has 0 unspecified atom stereocenters. The second-order valence-electron chi connectivity index (χ2n) is 3.42. The maximum absolute atomic E-state index is 10.4. The average Bonchev–Trinajstić information content (AvgIpc) is 2.28. The number of hydrogen-bond acceptors (Lipinski definition) is 2. The molecule has 0 spiro atoms. The molecule has 1 aromatic carbocycles. The van der Waals surface area contributed by atoms with E-state index in [0.717, 1.165) is 0 Å². The monoisotopic (exact) mass is 236 g/mol. The molecule has 1 aromatic rings. The van der Waals surface area contributed by atoms with Crippen molar-refractivity contribution in [1.29, 1.82) is 0 Å². The number of benzene rings is 1. The van der Waals surface area contributed by atoms with Crippen LogP contribution in [0.1, 0.15) is 20.3 Å². The largest absolute Gasteiger partial charge is 0.481 e. The van der Waals surface area contributed by atoms with Gasteiger partial charge in [0, 0.05) is 5.75 Å². The second kappa shape index (κ2) is 6.38. The van der Waals surface area contributed by atoms with Gasteiger partial charge < -0.3 is 5.11 Å². The molecule has 0 amide bonds. The molecule has 16 heavy (non-hydrogen) atoms. The van der Waals surface area contributed by atoms with Gasteiger partial charge in [-0.15, -0.1) is 11.8 Å². The van der Waals surface area contributed by atoms with Crippen LogP contribution in [0.3, 0.4) is 0 Å². The number of carboxylic acid groups (broad SMARTS) is 1. The molecule has 86 valence electrons. The summed E-state index contributed by atoms with van der Waals surface area (Å²) in [5.41, 5.74) is 0. The van der Waals surface area contributed by atoms with Crippen LogP contribution >= 0.6 is 11.8 Å². The first-order valence-corrected chi connectivity index (χ1v) is 6.20. The summed E-state index contributed by atoms with van der Waals surface area (Å²) in [5.74, 6) is -0.116. The molecule has 0 fully saturated rings. The van der Waals surface area contributed by atoms with Crippen molar-refractivity contribution in [3.05, 3.63) is 34.7 Å². The van der Waals surface area contributed by atoms with Gasteiger partial charge in [0.15, 0.2) is 0 Å². The highest BCUT2D eigenvalue weighted by Crippen LogP contribution is 2.14. The molecule has 1 N–H and O–H groups in total. The fraction of sp³-hybridized carbons (Fsp3) is 0.308. The van der Waals surface area contributed by atoms with E-state index in [0.29, 0.717) is 5.75 Å². The van der Waals surface area contributed by atoms with Crippen molar-refractivity contribution >= 4 is 28.7 Å². The van der Waals surface area contributed by atoms with Crippen molar-refractivity contribution < 1.29 is 9.90 Å². The zero-order valence-corrected chi connectivity index (χ0v) is 10.4. The number of carbonyl (C=O) groups is 1. The van der Waals surface area contributed by atoms with E-state index in [2.05, 4.69) is 18.2 Å². The van der Waals surface area contributed by atoms with E-state index in [1.54, 1.807) is 11.8 Å². The molecule has 0 aliphatic rings. The summed E-state index contributed by atoms with van der Waals surface area (Å²) >= 11 is 1.60. The first-order valence-electron chi connectivity index (χ1n) is 5.22. The molecule has 0 heterocycles. The van der Waals surface area contributed by atoms with Gasteiger partial charge in [-0.2, -0.15) is 0 Å². The van der Waals surface area contributed by atoms with Crippen LogP contribution in [-0.4, -0.2) is 16.8 Å². The van der Waals surface area contributed by atoms with Gasteiger partial charge >= 0.3 is 5.97 Å². The normalized spacial score (nSPS) is 13.8. The molecule has 0 radical (unpaired) electrons. The lowest BCUT2D eigenvalue weighted by Crippen LogP contribution is -2.24. The molecule has 0 bridgehead atoms. The Morgan fingerprint density at radius 2 is 2.12 bits per heavy atom. The van der Waals surface area contributed by atoms with Gasteiger partial charge in [-0.3, -0.25) is 4.79 Å². The summed E-state index contributed by atoms with van der Waals surface area (Å²) in [7, 11) is 0. The lowest BCUT2D eigenvalue weighted by Gasteiger charge is -2.00. The van der Waals surface area contributed by atoms with Crippen LogP contribution in [0.5, 0.6) is 0 Å². The van der Waals surface area contributed by atoms with E-state index >= 15 is 0 Å². The smallest absolute Gasteiger partial charge is 0.304 e. The first kappa shape index (κ1) is 12.8. The molecular weight excluding hydrogens is 220 g/mol. The first-order chi connectivity index (χ1) is 7.65. The molecule has 0 saturated carbocycles. The predicted molar refractivity (Wildman–Crippen MR) is 69.6 cm³/mol. The summed E-state index contributed by atoms with van der Waals surface area (Å²) < 4.78 is 0. The van der Waals surface area contributed by atoms with E-state index in [-0.39, 0.29) is 6.42 Å². The van der Waals surface area contributed by atoms with Crippen molar-refractivity contribution in [3.63, 3.8) is 0 Å². The van der Waals surface area contributed by atoms with Gasteiger partial charge in [0.1, 0.15) is 0 Å². The highest BCUT2D eigenvalue weighted by molar-refractivity contribution is 8.07. The number of thioether (sulfide) groups is 1. The SMILES string of the molecule is C/C=c1/cccc/c1=C(/C)SCCC(=O)O. The molecule has 0 aliphatic heterocycles. The van der Waals surface area contributed by atoms with Crippen LogP contribution in [0.25, 0.3) is 11.0 Å². The topological polar surface area (TPSA) is 37.3 Å². The van der Waals surface area contributed by atoms with E-state index < -0.39 is 5.97 Å². The number of aliphatic carboxylic acids is 1. The minimum absolute atomic E-state index is 0.208. The Morgan fingerprint density at radius 1 is 1.44 bits per heavy atom. The molecule has 0 aliphatic carbocycles. The van der Waals surface area contributed by atoms with Crippen molar-refractivity contribution in [3.8, 4) is 0 Å². The minimum atomic E-state index is -0.740. The Hall–Kier alpha value is -1.22. The molecule has 3 heteroatoms. The second-order valence-corrected chi connectivity index (χ2v) is 4.73. The summed E-state index contributed by atoms with van der Waals surface area (Å²) in [4.78, 5) is 11.6. The molecule has 2 nitrogen and oxygen atoms in total. The third-order valence-corrected chi connectivity index (χ3v) is 3.35. The maximum Gasteiger partial charge on any atom is 0.304 e. The fourth-order valence-corrected chi connectivity index (χ4v) is 2.36. The van der Waals surface area contributed by atoms with Gasteiger partial charge in [-0.05, 0) is 29.2 Å². The van der Waals surface area contributed by atoms with Gasteiger partial charge in [-0.25, -0.2) is 0 Å². The van der Waals surface area contributed by atoms with Crippen LogP contribution in [0, 0.1) is 0 Å². The van der Waals surface area contributed by atoms with Crippen LogP contribution in [-0.2, 0) is 4.79 Å². The van der Waals surface area contributed by atoms with Crippen molar-refractivity contribution in [2.45, 2.75) is 20.3 Å². The lowest BCUT2D eigenvalue weighted by molar-refractivity contribution is -0.136. The van der Waals surface area contributed by atoms with Crippen molar-refractivity contribution in [2.75, 3.05) is 5.75 Å². The lowest BCUT2D eigenvalue weighted by atomic mass is 10.2. The quantitative estimate of drug-likeness (QED) is 0.866. The number of hydrogen-bond donors (Lipinski definition) is 1. The molecule has 1 rings (SSSR count). The molecule has 0 atom stereocenters. The highest BCUT2D eigenvalue weighted by Gasteiger charge is 1.98. The average molecular weight is 236 g/mol. The summed E-state index contributed by atoms with van der Waals surface area (Å²) in [6.07, 6.45) is 2.27. The number of carboxylic acids is 1. The van der Waals surface area contributed by atoms with Gasteiger partial charge in [-0.1, -0.05) is 30.3 Å². The maximum atomic E-state index is 10.4. The van der Waals surface area contributed by atoms with E-state index in [4.69, 9.17) is 5.11 Å². The molecular formula is C13H16O2S. The minimum Gasteiger partial charge on any atom is -0.481 e. The molecule has 0 saturated heterocycles. The van der Waals surface area contributed by atoms with Crippen LogP contribution in [0.15, 0.2) is 24.3 Å². The Kier molecular flexibility index (Phi) is 5.12. The third kappa shape index (κ3) is 3.74. The van der Waals surface area contributed by atoms with Crippen molar-refractivity contribution in [1.82, 2.24) is 0 Å². The zero-order valence-electron chi connectivity index (χ0n) is 9.56. The Morgan fingerprint density at radius 3 is 2.75 bits per heavy atom. The Labute approximate surface area is 99.7 Å². The highest BCUT2D eigenvalue weighted by atomic mass is 32.2. The standard InChI is InChI=1S/C13H16O2S/c1-3-11-6-4-5-7-12(11)10(2)16-9-8-13(14)15/h3-7H,8-9H2,1-2H3,(H,14,15)/b11-3-,12-10+. The van der Waals surface area contributed by atoms with E-state index in [1.165, 1.54) is 15.3 Å². The Bertz CT molecular complexity index is 477. The van der Waals surface area contributed by atoms with Gasteiger partial charge in [0.2, 0.25) is 0 Å². The summed E-state index contributed by atoms with van der Waals surface area (Å²) in [6.45, 7) is 4.04. The third-order valence-electron chi connectivity index (χ3n) is 2.29. The van der Waals surface area contributed by atoms with Crippen LogP contribution in [0.4, 0.5) is 0 Å². The fourth-order valence-electron chi connectivity index (χ4n) is 1.44. The molecule has 0 aromatic heterocycles. The van der Waals surface area contributed by atoms with E-state index in [1.807, 2.05) is 26.0 Å². The summed E-state index contributed by atoms with van der Waals surface area (Å²) in [5, 5.41) is 11.0. The van der Waals surface area contributed by atoms with Crippen LogP contribution in [0.2, 0.25) is 0 Å².